The molecule has 0 aliphatic rings. The number of rotatable bonds is 9. The fourth-order valence-corrected chi connectivity index (χ4v) is 3.58. The third kappa shape index (κ3) is 5.31. The quantitative estimate of drug-likeness (QED) is 0.412. The number of aryl methyl sites for hydroxylation is 1. The van der Waals surface area contributed by atoms with Crippen LogP contribution in [-0.2, 0) is 17.9 Å². The number of carbonyl (C=O) groups excluding carboxylic acids is 1. The lowest BCUT2D eigenvalue weighted by Gasteiger charge is -2.15. The lowest BCUT2D eigenvalue weighted by atomic mass is 10.1. The Hall–Kier alpha value is -3.71. The maximum absolute atomic E-state index is 12.7. The first-order chi connectivity index (χ1) is 15.6. The van der Waals surface area contributed by atoms with Crippen molar-refractivity contribution in [1.82, 2.24) is 20.3 Å². The first kappa shape index (κ1) is 21.5. The maximum Gasteiger partial charge on any atom is 0.242 e. The second-order valence-electron chi connectivity index (χ2n) is 7.71. The van der Waals surface area contributed by atoms with E-state index in [2.05, 4.69) is 40.1 Å². The van der Waals surface area contributed by atoms with Crippen molar-refractivity contribution in [3.63, 3.8) is 0 Å². The Bertz CT molecular complexity index is 1150. The van der Waals surface area contributed by atoms with Gasteiger partial charge in [-0.05, 0) is 18.9 Å². The molecule has 1 atom stereocenters. The van der Waals surface area contributed by atoms with Gasteiger partial charge in [-0.25, -0.2) is 0 Å². The van der Waals surface area contributed by atoms with Crippen molar-refractivity contribution in [3.8, 4) is 11.3 Å². The van der Waals surface area contributed by atoms with Gasteiger partial charge in [-0.1, -0.05) is 72.7 Å². The molecule has 0 aliphatic carbocycles. The summed E-state index contributed by atoms with van der Waals surface area (Å²) in [6.07, 6.45) is 2.69. The number of aromatic nitrogens is 3. The average Bonchev–Trinajstić information content (AvgIpc) is 3.41. The van der Waals surface area contributed by atoms with Crippen LogP contribution in [0.2, 0.25) is 0 Å². The molecule has 0 aliphatic heterocycles. The van der Waals surface area contributed by atoms with Crippen LogP contribution in [0.5, 0.6) is 0 Å². The van der Waals surface area contributed by atoms with E-state index >= 15 is 0 Å². The van der Waals surface area contributed by atoms with Gasteiger partial charge in [0, 0.05) is 29.9 Å². The van der Waals surface area contributed by atoms with Crippen molar-refractivity contribution in [3.05, 3.63) is 89.8 Å². The summed E-state index contributed by atoms with van der Waals surface area (Å²) in [5.41, 5.74) is 4.18. The zero-order chi connectivity index (χ0) is 22.3. The Labute approximate surface area is 187 Å². The Balaban J connectivity index is 1.51. The van der Waals surface area contributed by atoms with Gasteiger partial charge in [0.05, 0.1) is 18.3 Å². The Morgan fingerprint density at radius 2 is 1.81 bits per heavy atom. The molecule has 7 nitrogen and oxygen atoms in total. The van der Waals surface area contributed by atoms with Gasteiger partial charge in [-0.3, -0.25) is 9.48 Å². The number of anilines is 1. The van der Waals surface area contributed by atoms with Crippen LogP contribution in [0.25, 0.3) is 11.3 Å². The van der Waals surface area contributed by atoms with E-state index in [4.69, 9.17) is 9.62 Å². The van der Waals surface area contributed by atoms with Crippen molar-refractivity contribution in [2.45, 2.75) is 39.4 Å². The maximum atomic E-state index is 12.7. The zero-order valence-electron chi connectivity index (χ0n) is 18.3. The van der Waals surface area contributed by atoms with Crippen LogP contribution < -0.4 is 10.6 Å². The molecule has 0 saturated carbocycles. The summed E-state index contributed by atoms with van der Waals surface area (Å²) in [4.78, 5) is 12.7. The smallest absolute Gasteiger partial charge is 0.242 e. The number of amides is 1. The van der Waals surface area contributed by atoms with Crippen molar-refractivity contribution < 1.29 is 9.32 Å². The first-order valence-electron chi connectivity index (χ1n) is 10.8. The number of nitrogens with one attached hydrogen (secondary N) is 2. The minimum atomic E-state index is -0.367. The molecule has 4 aromatic rings. The minimum Gasteiger partial charge on any atom is -0.360 e. The molecular formula is C25H27N5O2. The number of hydrogen-bond donors (Lipinski definition) is 2. The molecule has 0 spiro atoms. The summed E-state index contributed by atoms with van der Waals surface area (Å²) >= 11 is 0. The van der Waals surface area contributed by atoms with Crippen LogP contribution in [0.1, 0.15) is 30.2 Å². The number of nitrogens with zero attached hydrogens (tertiary/aromatic N) is 3. The molecule has 32 heavy (non-hydrogen) atoms. The van der Waals surface area contributed by atoms with E-state index < -0.39 is 0 Å². The van der Waals surface area contributed by atoms with Gasteiger partial charge in [0.25, 0.3) is 0 Å². The van der Waals surface area contributed by atoms with Crippen molar-refractivity contribution in [2.75, 3.05) is 5.32 Å². The molecule has 0 radical (unpaired) electrons. The molecule has 2 N–H and O–H groups in total. The summed E-state index contributed by atoms with van der Waals surface area (Å²) in [5.74, 6) is 0.937. The van der Waals surface area contributed by atoms with Gasteiger partial charge < -0.3 is 15.2 Å². The predicted molar refractivity (Wildman–Crippen MR) is 124 cm³/mol. The summed E-state index contributed by atoms with van der Waals surface area (Å²) < 4.78 is 6.98. The molecule has 164 valence electrons. The van der Waals surface area contributed by atoms with Gasteiger partial charge in [0.1, 0.15) is 5.76 Å². The Morgan fingerprint density at radius 3 is 2.47 bits per heavy atom. The van der Waals surface area contributed by atoms with Crippen molar-refractivity contribution >= 4 is 11.7 Å². The van der Waals surface area contributed by atoms with Crippen LogP contribution in [0.4, 0.5) is 5.82 Å². The summed E-state index contributed by atoms with van der Waals surface area (Å²) in [6, 6.07) is 21.7. The predicted octanol–water partition coefficient (Wildman–Crippen LogP) is 4.40. The molecule has 4 rings (SSSR count). The Kier molecular flexibility index (Phi) is 6.77. The van der Waals surface area contributed by atoms with Crippen LogP contribution in [0.3, 0.4) is 0 Å². The highest BCUT2D eigenvalue weighted by Gasteiger charge is 2.19. The van der Waals surface area contributed by atoms with Crippen molar-refractivity contribution in [2.24, 2.45) is 0 Å². The Morgan fingerprint density at radius 1 is 1.09 bits per heavy atom. The third-order valence-electron chi connectivity index (χ3n) is 5.21. The normalized spacial score (nSPS) is 11.9. The molecule has 1 unspecified atom stereocenters. The largest absolute Gasteiger partial charge is 0.360 e. The molecule has 1 amide bonds. The SMILES string of the molecule is CCC(NCc1cn(Cc2ccccc2)nc1-c1ccccc1)C(=O)Nc1cc(C)on1. The zero-order valence-corrected chi connectivity index (χ0v) is 18.3. The average molecular weight is 430 g/mol. The van der Waals surface area contributed by atoms with Gasteiger partial charge in [-0.15, -0.1) is 0 Å². The topological polar surface area (TPSA) is 85.0 Å². The van der Waals surface area contributed by atoms with E-state index in [0.29, 0.717) is 31.1 Å². The fourth-order valence-electron chi connectivity index (χ4n) is 3.58. The van der Waals surface area contributed by atoms with E-state index in [9.17, 15) is 4.79 Å². The highest BCUT2D eigenvalue weighted by atomic mass is 16.5. The van der Waals surface area contributed by atoms with E-state index in [1.807, 2.05) is 54.2 Å². The molecular weight excluding hydrogens is 402 g/mol. The highest BCUT2D eigenvalue weighted by molar-refractivity contribution is 5.94. The van der Waals surface area contributed by atoms with E-state index in [0.717, 1.165) is 16.8 Å². The summed E-state index contributed by atoms with van der Waals surface area (Å²) in [6.45, 7) is 4.96. The molecule has 7 heteroatoms. The first-order valence-corrected chi connectivity index (χ1v) is 10.8. The second kappa shape index (κ2) is 10.1. The van der Waals surface area contributed by atoms with E-state index in [1.165, 1.54) is 5.56 Å². The third-order valence-corrected chi connectivity index (χ3v) is 5.21. The van der Waals surface area contributed by atoms with Crippen LogP contribution in [0, 0.1) is 6.92 Å². The van der Waals surface area contributed by atoms with Crippen LogP contribution in [0.15, 0.2) is 77.4 Å². The van der Waals surface area contributed by atoms with Crippen molar-refractivity contribution in [1.29, 1.82) is 0 Å². The lowest BCUT2D eigenvalue weighted by Crippen LogP contribution is -2.39. The second-order valence-corrected chi connectivity index (χ2v) is 7.71. The standard InChI is InChI=1S/C25H27N5O2/c1-3-22(25(31)27-23-14-18(2)32-29-23)26-15-21-17-30(16-19-10-6-4-7-11-19)28-24(21)20-12-8-5-9-13-20/h4-14,17,22,26H,3,15-16H2,1-2H3,(H,27,29,31). The van der Waals surface area contributed by atoms with Crippen LogP contribution in [-0.4, -0.2) is 26.9 Å². The lowest BCUT2D eigenvalue weighted by molar-refractivity contribution is -0.118. The number of carbonyl (C=O) groups is 1. The summed E-state index contributed by atoms with van der Waals surface area (Å²) in [7, 11) is 0. The molecule has 2 aromatic heterocycles. The minimum absolute atomic E-state index is 0.140. The molecule has 2 aromatic carbocycles. The van der Waals surface area contributed by atoms with Gasteiger partial charge in [-0.2, -0.15) is 5.10 Å². The highest BCUT2D eigenvalue weighted by Crippen LogP contribution is 2.22. The van der Waals surface area contributed by atoms with Gasteiger partial charge in [0.15, 0.2) is 5.82 Å². The fraction of sp³-hybridized carbons (Fsp3) is 0.240. The molecule has 0 saturated heterocycles. The monoisotopic (exact) mass is 429 g/mol. The summed E-state index contributed by atoms with van der Waals surface area (Å²) in [5, 5.41) is 14.9. The van der Waals surface area contributed by atoms with E-state index in [-0.39, 0.29) is 11.9 Å². The number of benzene rings is 2. The van der Waals surface area contributed by atoms with Crippen LogP contribution >= 0.6 is 0 Å². The van der Waals surface area contributed by atoms with Gasteiger partial charge >= 0.3 is 0 Å². The molecule has 2 heterocycles. The van der Waals surface area contributed by atoms with Gasteiger partial charge in [0.2, 0.25) is 5.91 Å². The van der Waals surface area contributed by atoms with E-state index in [1.54, 1.807) is 13.0 Å². The number of hydrogen-bond acceptors (Lipinski definition) is 5. The molecule has 0 fully saturated rings. The molecule has 0 bridgehead atoms.